The number of anilines is 2. The van der Waals surface area contributed by atoms with Crippen molar-refractivity contribution in [1.29, 1.82) is 0 Å². The van der Waals surface area contributed by atoms with Gasteiger partial charge in [0, 0.05) is 25.7 Å². The number of hydrogen-bond donors (Lipinski definition) is 2. The standard InChI is InChI=1S/C23H34N4O4/c1-3-31-22(30)25-17-13-16(2)20(24-14-17)26-11-4-9-23(15-26)10-12-27(21(23)29)18-5-7-19(28)8-6-18/h13-14,18-19,28H,3-12,15H2,1-2H3,(H,25,30)/t18-,19-,23-/m0/s1. The maximum Gasteiger partial charge on any atom is 0.411 e. The quantitative estimate of drug-likeness (QED) is 0.762. The van der Waals surface area contributed by atoms with E-state index in [-0.39, 0.29) is 23.5 Å². The molecule has 2 N–H and O–H groups in total. The van der Waals surface area contributed by atoms with Crippen LogP contribution in [-0.2, 0) is 9.53 Å². The zero-order valence-corrected chi connectivity index (χ0v) is 18.6. The second kappa shape index (κ2) is 9.02. The molecule has 3 heterocycles. The second-order valence-electron chi connectivity index (χ2n) is 9.23. The van der Waals surface area contributed by atoms with Crippen molar-refractivity contribution in [2.75, 3.05) is 36.5 Å². The summed E-state index contributed by atoms with van der Waals surface area (Å²) in [7, 11) is 0. The number of ether oxygens (including phenoxy) is 1. The van der Waals surface area contributed by atoms with Crippen molar-refractivity contribution < 1.29 is 19.4 Å². The van der Waals surface area contributed by atoms with Gasteiger partial charge in [-0.3, -0.25) is 10.1 Å². The fraction of sp³-hybridized carbons (Fsp3) is 0.696. The lowest BCUT2D eigenvalue weighted by Crippen LogP contribution is -2.50. The first-order chi connectivity index (χ1) is 14.9. The zero-order valence-electron chi connectivity index (χ0n) is 18.6. The molecule has 3 aliphatic rings. The van der Waals surface area contributed by atoms with Crippen LogP contribution in [0.4, 0.5) is 16.3 Å². The molecule has 1 saturated carbocycles. The third-order valence-electron chi connectivity index (χ3n) is 7.10. The molecule has 2 aliphatic heterocycles. The maximum absolute atomic E-state index is 13.5. The summed E-state index contributed by atoms with van der Waals surface area (Å²) in [6, 6.07) is 2.18. The van der Waals surface area contributed by atoms with Crippen molar-refractivity contribution in [2.24, 2.45) is 5.41 Å². The van der Waals surface area contributed by atoms with E-state index in [1.807, 2.05) is 13.0 Å². The van der Waals surface area contributed by atoms with E-state index >= 15 is 0 Å². The van der Waals surface area contributed by atoms with Gasteiger partial charge >= 0.3 is 6.09 Å². The Morgan fingerprint density at radius 3 is 2.77 bits per heavy atom. The number of amides is 2. The van der Waals surface area contributed by atoms with E-state index in [0.717, 1.165) is 69.4 Å². The summed E-state index contributed by atoms with van der Waals surface area (Å²) in [6.45, 7) is 6.46. The van der Waals surface area contributed by atoms with E-state index < -0.39 is 6.09 Å². The van der Waals surface area contributed by atoms with Gasteiger partial charge in [-0.1, -0.05) is 0 Å². The van der Waals surface area contributed by atoms with Crippen molar-refractivity contribution >= 4 is 23.5 Å². The summed E-state index contributed by atoms with van der Waals surface area (Å²) >= 11 is 0. The lowest BCUT2D eigenvalue weighted by Gasteiger charge is -2.41. The van der Waals surface area contributed by atoms with Gasteiger partial charge in [-0.25, -0.2) is 9.78 Å². The largest absolute Gasteiger partial charge is 0.450 e. The molecule has 1 spiro atoms. The van der Waals surface area contributed by atoms with Crippen LogP contribution in [0.1, 0.15) is 57.4 Å². The molecule has 31 heavy (non-hydrogen) atoms. The number of nitrogens with zero attached hydrogens (tertiary/aromatic N) is 3. The van der Waals surface area contributed by atoms with Crippen LogP contribution < -0.4 is 10.2 Å². The van der Waals surface area contributed by atoms with Crippen LogP contribution in [0.2, 0.25) is 0 Å². The lowest BCUT2D eigenvalue weighted by molar-refractivity contribution is -0.139. The first kappa shape index (κ1) is 21.9. The minimum Gasteiger partial charge on any atom is -0.450 e. The van der Waals surface area contributed by atoms with Gasteiger partial charge in [-0.2, -0.15) is 0 Å². The van der Waals surface area contributed by atoms with Gasteiger partial charge in [-0.15, -0.1) is 0 Å². The molecule has 8 nitrogen and oxygen atoms in total. The molecule has 1 aromatic heterocycles. The Kier molecular flexibility index (Phi) is 6.36. The van der Waals surface area contributed by atoms with E-state index in [9.17, 15) is 14.7 Å². The first-order valence-electron chi connectivity index (χ1n) is 11.6. The van der Waals surface area contributed by atoms with Crippen LogP contribution in [0.3, 0.4) is 0 Å². The van der Waals surface area contributed by atoms with E-state index in [4.69, 9.17) is 4.74 Å². The highest BCUT2D eigenvalue weighted by molar-refractivity contribution is 5.86. The minimum absolute atomic E-state index is 0.205. The molecule has 1 atom stereocenters. The summed E-state index contributed by atoms with van der Waals surface area (Å²) in [5.74, 6) is 1.16. The Hall–Kier alpha value is -2.35. The minimum atomic E-state index is -0.486. The lowest BCUT2D eigenvalue weighted by atomic mass is 9.78. The Morgan fingerprint density at radius 1 is 1.29 bits per heavy atom. The number of aliphatic hydroxyl groups is 1. The summed E-state index contributed by atoms with van der Waals surface area (Å²) in [5.41, 5.74) is 1.24. The predicted octanol–water partition coefficient (Wildman–Crippen LogP) is 3.08. The van der Waals surface area contributed by atoms with Crippen LogP contribution in [0, 0.1) is 12.3 Å². The zero-order chi connectivity index (χ0) is 22.0. The fourth-order valence-corrected chi connectivity index (χ4v) is 5.51. The van der Waals surface area contributed by atoms with Crippen LogP contribution in [-0.4, -0.2) is 65.4 Å². The van der Waals surface area contributed by atoms with Crippen molar-refractivity contribution in [1.82, 2.24) is 9.88 Å². The van der Waals surface area contributed by atoms with Crippen LogP contribution >= 0.6 is 0 Å². The number of likely N-dealkylation sites (tertiary alicyclic amines) is 1. The molecule has 0 unspecified atom stereocenters. The molecular weight excluding hydrogens is 396 g/mol. The van der Waals surface area contributed by atoms with Gasteiger partial charge in [0.1, 0.15) is 5.82 Å². The van der Waals surface area contributed by atoms with Crippen molar-refractivity contribution in [3.05, 3.63) is 17.8 Å². The van der Waals surface area contributed by atoms with E-state index in [1.165, 1.54) is 0 Å². The van der Waals surface area contributed by atoms with Crippen LogP contribution in [0.15, 0.2) is 12.3 Å². The van der Waals surface area contributed by atoms with Crippen LogP contribution in [0.25, 0.3) is 0 Å². The number of nitrogens with one attached hydrogen (secondary N) is 1. The molecular formula is C23H34N4O4. The van der Waals surface area contributed by atoms with Gasteiger partial charge in [-0.05, 0) is 70.4 Å². The molecule has 3 fully saturated rings. The average Bonchev–Trinajstić information content (AvgIpc) is 3.04. The maximum atomic E-state index is 13.5. The third kappa shape index (κ3) is 4.49. The number of aliphatic hydroxyl groups excluding tert-OH is 1. The van der Waals surface area contributed by atoms with Crippen molar-refractivity contribution in [3.63, 3.8) is 0 Å². The molecule has 2 saturated heterocycles. The number of hydrogen-bond acceptors (Lipinski definition) is 6. The normalized spacial score (nSPS) is 28.8. The highest BCUT2D eigenvalue weighted by Crippen LogP contribution is 2.43. The van der Waals surface area contributed by atoms with Crippen molar-refractivity contribution in [2.45, 2.75) is 70.9 Å². The van der Waals surface area contributed by atoms with Gasteiger partial charge in [0.2, 0.25) is 5.91 Å². The van der Waals surface area contributed by atoms with Crippen molar-refractivity contribution in [3.8, 4) is 0 Å². The number of pyridine rings is 1. The molecule has 8 heteroatoms. The topological polar surface area (TPSA) is 95.0 Å². The fourth-order valence-electron chi connectivity index (χ4n) is 5.51. The average molecular weight is 431 g/mol. The molecule has 0 aromatic carbocycles. The monoisotopic (exact) mass is 430 g/mol. The van der Waals surface area contributed by atoms with Gasteiger partial charge in [0.05, 0.1) is 30.0 Å². The van der Waals surface area contributed by atoms with Gasteiger partial charge in [0.15, 0.2) is 0 Å². The Labute approximate surface area is 184 Å². The predicted molar refractivity (Wildman–Crippen MR) is 118 cm³/mol. The van der Waals surface area contributed by atoms with E-state index in [2.05, 4.69) is 20.1 Å². The second-order valence-corrected chi connectivity index (χ2v) is 9.23. The number of aromatic nitrogens is 1. The summed E-state index contributed by atoms with van der Waals surface area (Å²) in [6.07, 6.45) is 7.14. The summed E-state index contributed by atoms with van der Waals surface area (Å²) < 4.78 is 4.93. The smallest absolute Gasteiger partial charge is 0.411 e. The highest BCUT2D eigenvalue weighted by atomic mass is 16.5. The SMILES string of the molecule is CCOC(=O)Nc1cnc(N2CCC[C@]3(CCN([C@H]4CC[C@H](O)CC4)C3=O)C2)c(C)c1. The number of piperidine rings is 1. The number of aryl methyl sites for hydroxylation is 1. The van der Waals surface area contributed by atoms with Gasteiger partial charge < -0.3 is 19.6 Å². The Morgan fingerprint density at radius 2 is 2.06 bits per heavy atom. The molecule has 4 rings (SSSR count). The Bertz CT molecular complexity index is 824. The molecule has 0 bridgehead atoms. The van der Waals surface area contributed by atoms with E-state index in [0.29, 0.717) is 18.8 Å². The van der Waals surface area contributed by atoms with E-state index in [1.54, 1.807) is 13.1 Å². The number of carbonyl (C=O) groups is 2. The molecule has 2 amide bonds. The molecule has 170 valence electrons. The summed E-state index contributed by atoms with van der Waals surface area (Å²) in [4.78, 5) is 34.1. The Balaban J connectivity index is 1.45. The number of rotatable bonds is 4. The molecule has 1 aliphatic carbocycles. The van der Waals surface area contributed by atoms with Crippen LogP contribution in [0.5, 0.6) is 0 Å². The molecule has 0 radical (unpaired) electrons. The van der Waals surface area contributed by atoms with Gasteiger partial charge in [0.25, 0.3) is 0 Å². The highest BCUT2D eigenvalue weighted by Gasteiger charge is 2.50. The molecule has 1 aromatic rings. The summed E-state index contributed by atoms with van der Waals surface area (Å²) in [5, 5.41) is 12.5. The third-order valence-corrected chi connectivity index (χ3v) is 7.10. The number of carbonyl (C=O) groups excluding carboxylic acids is 2. The first-order valence-corrected chi connectivity index (χ1v) is 11.6.